The van der Waals surface area contributed by atoms with Gasteiger partial charge < -0.3 is 14.6 Å². The molecule has 0 spiro atoms. The van der Waals surface area contributed by atoms with Gasteiger partial charge in [-0.1, -0.05) is 11.6 Å². The minimum absolute atomic E-state index is 0.0776. The first-order chi connectivity index (χ1) is 15.7. The monoisotopic (exact) mass is 441 g/mol. The number of carbonyl (C=O) groups is 1. The Hall–Kier alpha value is -2.52. The second kappa shape index (κ2) is 9.54. The van der Waals surface area contributed by atoms with Crippen molar-refractivity contribution in [2.24, 2.45) is 0 Å². The molecule has 2 aromatic heterocycles. The van der Waals surface area contributed by atoms with Crippen LogP contribution in [0.1, 0.15) is 65.2 Å². The van der Waals surface area contributed by atoms with Gasteiger partial charge in [0.15, 0.2) is 0 Å². The van der Waals surface area contributed by atoms with E-state index in [2.05, 4.69) is 20.5 Å². The molecule has 0 bridgehead atoms. The molecule has 1 N–H and O–H groups in total. The van der Waals surface area contributed by atoms with Crippen LogP contribution in [0.4, 0.5) is 0 Å². The summed E-state index contributed by atoms with van der Waals surface area (Å²) in [6.45, 7) is 3.94. The van der Waals surface area contributed by atoms with Gasteiger partial charge in [0.05, 0.1) is 31.1 Å². The third-order valence-electron chi connectivity index (χ3n) is 6.92. The molecular formula is C23H31N5O4. The zero-order valence-corrected chi connectivity index (χ0v) is 18.5. The van der Waals surface area contributed by atoms with Gasteiger partial charge in [-0.25, -0.2) is 4.68 Å². The molecule has 9 heteroatoms. The molecule has 0 saturated carbocycles. The maximum Gasteiger partial charge on any atom is 0.290 e. The van der Waals surface area contributed by atoms with Crippen molar-refractivity contribution in [2.75, 3.05) is 26.2 Å². The van der Waals surface area contributed by atoms with Crippen molar-refractivity contribution in [3.8, 4) is 0 Å². The number of piperidine rings is 1. The van der Waals surface area contributed by atoms with Crippen LogP contribution in [0.3, 0.4) is 0 Å². The molecule has 1 aliphatic carbocycles. The predicted octanol–water partition coefficient (Wildman–Crippen LogP) is 1.47. The molecule has 0 radical (unpaired) electrons. The average Bonchev–Trinajstić information content (AvgIpc) is 3.26. The molecule has 1 fully saturated rings. The molecule has 2 aliphatic heterocycles. The summed E-state index contributed by atoms with van der Waals surface area (Å²) in [5.41, 5.74) is 3.72. The van der Waals surface area contributed by atoms with Crippen LogP contribution < -0.4 is 10.9 Å². The molecule has 4 heterocycles. The Morgan fingerprint density at radius 3 is 2.97 bits per heavy atom. The Morgan fingerprint density at radius 1 is 1.12 bits per heavy atom. The van der Waals surface area contributed by atoms with E-state index in [1.165, 1.54) is 0 Å². The average molecular weight is 442 g/mol. The highest BCUT2D eigenvalue weighted by molar-refractivity contribution is 5.93. The van der Waals surface area contributed by atoms with Crippen molar-refractivity contribution in [1.82, 2.24) is 25.2 Å². The number of amides is 1. The zero-order valence-electron chi connectivity index (χ0n) is 18.5. The fourth-order valence-electron chi connectivity index (χ4n) is 5.08. The maximum absolute atomic E-state index is 12.8. The topological polar surface area (TPSA) is 102 Å². The van der Waals surface area contributed by atoms with Gasteiger partial charge in [-0.15, -0.1) is 0 Å². The van der Waals surface area contributed by atoms with Gasteiger partial charge in [-0.3, -0.25) is 14.5 Å². The Morgan fingerprint density at radius 2 is 2.03 bits per heavy atom. The molecule has 3 aliphatic rings. The molecule has 5 rings (SSSR count). The number of nitrogens with zero attached hydrogens (tertiary/aromatic N) is 4. The van der Waals surface area contributed by atoms with Crippen molar-refractivity contribution in [2.45, 2.75) is 70.6 Å². The molecule has 172 valence electrons. The van der Waals surface area contributed by atoms with Gasteiger partial charge in [0.25, 0.3) is 11.5 Å². The Bertz CT molecular complexity index is 1030. The predicted molar refractivity (Wildman–Crippen MR) is 117 cm³/mol. The summed E-state index contributed by atoms with van der Waals surface area (Å²) in [6, 6.07) is 1.90. The highest BCUT2D eigenvalue weighted by Crippen LogP contribution is 2.24. The third kappa shape index (κ3) is 4.49. The number of aryl methyl sites for hydroxylation is 1. The van der Waals surface area contributed by atoms with Crippen LogP contribution in [0.15, 0.2) is 15.4 Å². The largest absolute Gasteiger partial charge is 0.376 e. The van der Waals surface area contributed by atoms with E-state index in [1.807, 2.05) is 0 Å². The van der Waals surface area contributed by atoms with Gasteiger partial charge in [-0.2, -0.15) is 5.10 Å². The number of fused-ring (bicyclic) bond motifs is 2. The number of hydrogen-bond donors (Lipinski definition) is 1. The number of ether oxygens (including phenoxy) is 1. The molecule has 1 amide bonds. The van der Waals surface area contributed by atoms with Crippen LogP contribution in [0.2, 0.25) is 0 Å². The summed E-state index contributed by atoms with van der Waals surface area (Å²) in [7, 11) is 0. The minimum atomic E-state index is -0.166. The van der Waals surface area contributed by atoms with E-state index in [0.29, 0.717) is 32.1 Å². The number of hydrogen-bond acceptors (Lipinski definition) is 7. The molecule has 1 unspecified atom stereocenters. The van der Waals surface area contributed by atoms with E-state index in [4.69, 9.17) is 9.26 Å². The molecule has 1 atom stereocenters. The van der Waals surface area contributed by atoms with Gasteiger partial charge in [-0.05, 0) is 45.1 Å². The van der Waals surface area contributed by atoms with E-state index in [0.717, 1.165) is 87.0 Å². The molecule has 2 aromatic rings. The summed E-state index contributed by atoms with van der Waals surface area (Å²) in [5, 5.41) is 11.7. The molecular weight excluding hydrogens is 410 g/mol. The first-order valence-corrected chi connectivity index (χ1v) is 11.9. The molecule has 9 nitrogen and oxygen atoms in total. The number of rotatable bonds is 6. The number of nitrogens with one attached hydrogen (secondary N) is 1. The third-order valence-corrected chi connectivity index (χ3v) is 6.92. The quantitative estimate of drug-likeness (QED) is 0.724. The first-order valence-electron chi connectivity index (χ1n) is 11.9. The lowest BCUT2D eigenvalue weighted by molar-refractivity contribution is 0.0871. The number of likely N-dealkylation sites (tertiary alicyclic amines) is 1. The second-order valence-corrected chi connectivity index (χ2v) is 9.02. The van der Waals surface area contributed by atoms with Crippen LogP contribution in [0.25, 0.3) is 0 Å². The second-order valence-electron chi connectivity index (χ2n) is 9.02. The van der Waals surface area contributed by atoms with Crippen molar-refractivity contribution in [1.29, 1.82) is 0 Å². The lowest BCUT2D eigenvalue weighted by Gasteiger charge is -2.35. The summed E-state index contributed by atoms with van der Waals surface area (Å²) in [5.74, 6) is 0.219. The normalized spacial score (nSPS) is 21.1. The van der Waals surface area contributed by atoms with Crippen LogP contribution >= 0.6 is 0 Å². The van der Waals surface area contributed by atoms with E-state index in [-0.39, 0.29) is 17.5 Å². The number of carbonyl (C=O) groups excluding carboxylic acids is 1. The van der Waals surface area contributed by atoms with Crippen molar-refractivity contribution < 1.29 is 14.1 Å². The van der Waals surface area contributed by atoms with E-state index >= 15 is 0 Å². The number of aromatic nitrogens is 3. The standard InChI is InChI=1S/C23H31N5O4/c29-21-13-16-15-31-12-8-19(16)25-28(21)11-10-27-9-4-3-5-17(27)14-24-23(30)22-18-6-1-2-7-20(18)26-32-22/h13,17H,1-12,14-15H2,(H,24,30). The Balaban J connectivity index is 1.20. The lowest BCUT2D eigenvalue weighted by Crippen LogP contribution is -2.48. The summed E-state index contributed by atoms with van der Waals surface area (Å²) in [6.07, 6.45) is 7.99. The zero-order chi connectivity index (χ0) is 21.9. The summed E-state index contributed by atoms with van der Waals surface area (Å²) >= 11 is 0. The van der Waals surface area contributed by atoms with Gasteiger partial charge >= 0.3 is 0 Å². The summed E-state index contributed by atoms with van der Waals surface area (Å²) in [4.78, 5) is 27.6. The Kier molecular flexibility index (Phi) is 6.36. The molecule has 1 saturated heterocycles. The van der Waals surface area contributed by atoms with E-state index in [9.17, 15) is 9.59 Å². The van der Waals surface area contributed by atoms with Crippen LogP contribution in [-0.2, 0) is 37.2 Å². The summed E-state index contributed by atoms with van der Waals surface area (Å²) < 4.78 is 12.4. The Labute approximate surface area is 187 Å². The highest BCUT2D eigenvalue weighted by atomic mass is 16.5. The lowest BCUT2D eigenvalue weighted by atomic mass is 9.96. The van der Waals surface area contributed by atoms with Gasteiger partial charge in [0.1, 0.15) is 0 Å². The van der Waals surface area contributed by atoms with Crippen molar-refractivity contribution in [3.63, 3.8) is 0 Å². The fourth-order valence-corrected chi connectivity index (χ4v) is 5.08. The highest BCUT2D eigenvalue weighted by Gasteiger charge is 2.27. The van der Waals surface area contributed by atoms with Gasteiger partial charge in [0, 0.05) is 42.7 Å². The minimum Gasteiger partial charge on any atom is -0.376 e. The molecule has 32 heavy (non-hydrogen) atoms. The van der Waals surface area contributed by atoms with E-state index in [1.54, 1.807) is 10.7 Å². The van der Waals surface area contributed by atoms with Crippen LogP contribution in [0.5, 0.6) is 0 Å². The SMILES string of the molecule is O=C(NCC1CCCCN1CCn1nc2c(cc1=O)COCC2)c1onc2c1CCCC2. The van der Waals surface area contributed by atoms with Crippen LogP contribution in [0, 0.1) is 0 Å². The first kappa shape index (κ1) is 21.3. The van der Waals surface area contributed by atoms with Crippen molar-refractivity contribution >= 4 is 5.91 Å². The van der Waals surface area contributed by atoms with E-state index < -0.39 is 0 Å². The van der Waals surface area contributed by atoms with Crippen LogP contribution in [-0.4, -0.2) is 58.0 Å². The fraction of sp³-hybridized carbons (Fsp3) is 0.652. The smallest absolute Gasteiger partial charge is 0.290 e. The molecule has 0 aromatic carbocycles. The van der Waals surface area contributed by atoms with Gasteiger partial charge in [0.2, 0.25) is 5.76 Å². The van der Waals surface area contributed by atoms with Crippen molar-refractivity contribution in [3.05, 3.63) is 44.7 Å². The maximum atomic E-state index is 12.8.